The van der Waals surface area contributed by atoms with Gasteiger partial charge in [0.05, 0.1) is 6.10 Å². The van der Waals surface area contributed by atoms with Gasteiger partial charge in [-0.15, -0.1) is 0 Å². The number of aryl methyl sites for hydroxylation is 1. The summed E-state index contributed by atoms with van der Waals surface area (Å²) in [6, 6.07) is 6.08. The first kappa shape index (κ1) is 12.5. The highest BCUT2D eigenvalue weighted by atomic mass is 35.5. The molecular formula is C12H18ClNO. The number of methoxy groups -OCH3 is 1. The van der Waals surface area contributed by atoms with Gasteiger partial charge in [0, 0.05) is 25.2 Å². The number of halogens is 1. The Morgan fingerprint density at radius 3 is 2.80 bits per heavy atom. The normalized spacial score (nSPS) is 12.8. The number of benzene rings is 1. The van der Waals surface area contributed by atoms with Crippen molar-refractivity contribution in [3.05, 3.63) is 34.3 Å². The van der Waals surface area contributed by atoms with Gasteiger partial charge in [-0.25, -0.2) is 0 Å². The molecule has 0 aliphatic carbocycles. The van der Waals surface area contributed by atoms with Gasteiger partial charge in [-0.3, -0.25) is 0 Å². The third kappa shape index (κ3) is 4.20. The van der Waals surface area contributed by atoms with Crippen LogP contribution in [0.3, 0.4) is 0 Å². The van der Waals surface area contributed by atoms with E-state index in [1.54, 1.807) is 7.11 Å². The predicted octanol–water partition coefficient (Wildman–Crippen LogP) is 2.77. The molecule has 0 amide bonds. The van der Waals surface area contributed by atoms with Gasteiger partial charge < -0.3 is 10.1 Å². The van der Waals surface area contributed by atoms with Crippen molar-refractivity contribution in [2.75, 3.05) is 13.7 Å². The Morgan fingerprint density at radius 1 is 1.47 bits per heavy atom. The summed E-state index contributed by atoms with van der Waals surface area (Å²) in [5.74, 6) is 0. The maximum absolute atomic E-state index is 5.95. The monoisotopic (exact) mass is 227 g/mol. The molecule has 0 bridgehead atoms. The Kier molecular flexibility index (Phi) is 5.09. The summed E-state index contributed by atoms with van der Waals surface area (Å²) in [4.78, 5) is 0. The van der Waals surface area contributed by atoms with Crippen molar-refractivity contribution in [2.24, 2.45) is 0 Å². The molecule has 1 atom stereocenters. The molecule has 1 aromatic rings. The summed E-state index contributed by atoms with van der Waals surface area (Å²) in [5, 5.41) is 4.15. The van der Waals surface area contributed by atoms with E-state index in [0.717, 1.165) is 23.7 Å². The first-order chi connectivity index (χ1) is 7.13. The number of rotatable bonds is 5. The van der Waals surface area contributed by atoms with Gasteiger partial charge in [0.2, 0.25) is 0 Å². The van der Waals surface area contributed by atoms with Gasteiger partial charge in [0.1, 0.15) is 0 Å². The summed E-state index contributed by atoms with van der Waals surface area (Å²) >= 11 is 5.95. The largest absolute Gasteiger partial charge is 0.380 e. The minimum atomic E-state index is 0.249. The lowest BCUT2D eigenvalue weighted by Gasteiger charge is -2.11. The van der Waals surface area contributed by atoms with Crippen molar-refractivity contribution < 1.29 is 4.74 Å². The minimum absolute atomic E-state index is 0.249. The molecule has 0 unspecified atom stereocenters. The molecule has 0 aliphatic heterocycles. The van der Waals surface area contributed by atoms with Crippen molar-refractivity contribution in [2.45, 2.75) is 26.5 Å². The van der Waals surface area contributed by atoms with Crippen molar-refractivity contribution in [1.82, 2.24) is 5.32 Å². The highest BCUT2D eigenvalue weighted by Crippen LogP contribution is 2.15. The molecule has 0 heterocycles. The summed E-state index contributed by atoms with van der Waals surface area (Å²) in [5.41, 5.74) is 2.37. The van der Waals surface area contributed by atoms with Crippen molar-refractivity contribution in [3.8, 4) is 0 Å². The molecule has 3 heteroatoms. The van der Waals surface area contributed by atoms with E-state index in [4.69, 9.17) is 16.3 Å². The molecule has 1 rings (SSSR count). The second-order valence-corrected chi connectivity index (χ2v) is 4.17. The van der Waals surface area contributed by atoms with Crippen LogP contribution in [0.5, 0.6) is 0 Å². The van der Waals surface area contributed by atoms with E-state index in [2.05, 4.69) is 11.4 Å². The van der Waals surface area contributed by atoms with E-state index in [9.17, 15) is 0 Å². The zero-order chi connectivity index (χ0) is 11.3. The highest BCUT2D eigenvalue weighted by molar-refractivity contribution is 6.31. The quantitative estimate of drug-likeness (QED) is 0.835. The first-order valence-corrected chi connectivity index (χ1v) is 5.50. The van der Waals surface area contributed by atoms with Gasteiger partial charge in [0.15, 0.2) is 0 Å². The van der Waals surface area contributed by atoms with Crippen molar-refractivity contribution >= 4 is 11.6 Å². The maximum Gasteiger partial charge on any atom is 0.0667 e. The fraction of sp³-hybridized carbons (Fsp3) is 0.500. The molecule has 0 aliphatic rings. The van der Waals surface area contributed by atoms with E-state index in [1.807, 2.05) is 26.0 Å². The molecule has 0 saturated heterocycles. The van der Waals surface area contributed by atoms with Crippen LogP contribution in [0.1, 0.15) is 18.1 Å². The topological polar surface area (TPSA) is 21.3 Å². The van der Waals surface area contributed by atoms with Crippen molar-refractivity contribution in [1.29, 1.82) is 0 Å². The lowest BCUT2D eigenvalue weighted by molar-refractivity contribution is 0.117. The van der Waals surface area contributed by atoms with E-state index in [1.165, 1.54) is 5.56 Å². The van der Waals surface area contributed by atoms with Gasteiger partial charge >= 0.3 is 0 Å². The molecule has 0 spiro atoms. The Hall–Kier alpha value is -0.570. The highest BCUT2D eigenvalue weighted by Gasteiger charge is 2.00. The lowest BCUT2D eigenvalue weighted by atomic mass is 10.1. The van der Waals surface area contributed by atoms with Gasteiger partial charge in [0.25, 0.3) is 0 Å². The number of nitrogens with one attached hydrogen (secondary N) is 1. The van der Waals surface area contributed by atoms with Gasteiger partial charge in [-0.1, -0.05) is 23.7 Å². The summed E-state index contributed by atoms with van der Waals surface area (Å²) in [7, 11) is 1.72. The molecular weight excluding hydrogens is 210 g/mol. The standard InChI is InChI=1S/C12H18ClNO/c1-9-6-11(4-5-12(9)13)8-14-7-10(2)15-3/h4-6,10,14H,7-8H2,1-3H3/t10-/m0/s1. The van der Waals surface area contributed by atoms with Crippen LogP contribution in [-0.4, -0.2) is 19.8 Å². The molecule has 0 aromatic heterocycles. The smallest absolute Gasteiger partial charge is 0.0667 e. The SMILES string of the molecule is CO[C@@H](C)CNCc1ccc(Cl)c(C)c1. The average molecular weight is 228 g/mol. The van der Waals surface area contributed by atoms with Crippen LogP contribution >= 0.6 is 11.6 Å². The van der Waals surface area contributed by atoms with Crippen LogP contribution in [0.2, 0.25) is 5.02 Å². The van der Waals surface area contributed by atoms with Gasteiger partial charge in [-0.2, -0.15) is 0 Å². The van der Waals surface area contributed by atoms with E-state index >= 15 is 0 Å². The minimum Gasteiger partial charge on any atom is -0.380 e. The Bertz CT molecular complexity index is 314. The van der Waals surface area contributed by atoms with Crippen LogP contribution in [-0.2, 0) is 11.3 Å². The Balaban J connectivity index is 2.41. The van der Waals surface area contributed by atoms with E-state index < -0.39 is 0 Å². The summed E-state index contributed by atoms with van der Waals surface area (Å²) in [6.07, 6.45) is 0.249. The van der Waals surface area contributed by atoms with Crippen LogP contribution in [0.15, 0.2) is 18.2 Å². The molecule has 0 saturated carbocycles. The van der Waals surface area contributed by atoms with Crippen LogP contribution in [0, 0.1) is 6.92 Å². The second kappa shape index (κ2) is 6.11. The molecule has 15 heavy (non-hydrogen) atoms. The number of hydrogen-bond donors (Lipinski definition) is 1. The first-order valence-electron chi connectivity index (χ1n) is 5.12. The number of hydrogen-bond acceptors (Lipinski definition) is 2. The van der Waals surface area contributed by atoms with Gasteiger partial charge in [-0.05, 0) is 31.0 Å². The predicted molar refractivity (Wildman–Crippen MR) is 64.4 cm³/mol. The third-order valence-corrected chi connectivity index (χ3v) is 2.81. The fourth-order valence-corrected chi connectivity index (χ4v) is 1.44. The van der Waals surface area contributed by atoms with E-state index in [-0.39, 0.29) is 6.10 Å². The average Bonchev–Trinajstić information content (AvgIpc) is 2.23. The Morgan fingerprint density at radius 2 is 2.20 bits per heavy atom. The zero-order valence-corrected chi connectivity index (χ0v) is 10.3. The molecule has 0 fully saturated rings. The lowest BCUT2D eigenvalue weighted by Crippen LogP contribution is -2.25. The molecule has 2 nitrogen and oxygen atoms in total. The molecule has 0 radical (unpaired) electrons. The van der Waals surface area contributed by atoms with Crippen LogP contribution in [0.25, 0.3) is 0 Å². The van der Waals surface area contributed by atoms with Crippen LogP contribution in [0.4, 0.5) is 0 Å². The second-order valence-electron chi connectivity index (χ2n) is 3.76. The van der Waals surface area contributed by atoms with Crippen molar-refractivity contribution in [3.63, 3.8) is 0 Å². The van der Waals surface area contributed by atoms with E-state index in [0.29, 0.717) is 0 Å². The molecule has 1 aromatic carbocycles. The maximum atomic E-state index is 5.95. The fourth-order valence-electron chi connectivity index (χ4n) is 1.32. The third-order valence-electron chi connectivity index (χ3n) is 2.39. The summed E-state index contributed by atoms with van der Waals surface area (Å²) < 4.78 is 5.15. The van der Waals surface area contributed by atoms with Crippen LogP contribution < -0.4 is 5.32 Å². The Labute approximate surface area is 96.6 Å². The summed E-state index contributed by atoms with van der Waals surface area (Å²) in [6.45, 7) is 5.77. The number of ether oxygens (including phenoxy) is 1. The zero-order valence-electron chi connectivity index (χ0n) is 9.51. The molecule has 1 N–H and O–H groups in total. The molecule has 84 valence electrons.